The summed E-state index contributed by atoms with van der Waals surface area (Å²) in [4.78, 5) is 35.1. The molecule has 0 aliphatic rings. The Hall–Kier alpha value is -2.70. The van der Waals surface area contributed by atoms with Crippen molar-refractivity contribution < 1.29 is 9.90 Å². The van der Waals surface area contributed by atoms with Crippen molar-refractivity contribution in [1.82, 2.24) is 14.8 Å². The number of aromatic nitrogens is 3. The van der Waals surface area contributed by atoms with Crippen molar-refractivity contribution in [2.45, 2.75) is 6.54 Å². The number of rotatable bonds is 3. The van der Waals surface area contributed by atoms with Crippen LogP contribution in [0.2, 0.25) is 0 Å². The zero-order valence-corrected chi connectivity index (χ0v) is 9.16. The zero-order valence-electron chi connectivity index (χ0n) is 9.16. The maximum atomic E-state index is 11.4. The molecule has 0 spiro atoms. The molecule has 7 nitrogen and oxygen atoms in total. The van der Waals surface area contributed by atoms with E-state index >= 15 is 0 Å². The molecular formula is C11H9N3O4. The fourth-order valence-electron chi connectivity index (χ4n) is 1.47. The van der Waals surface area contributed by atoms with Crippen molar-refractivity contribution in [1.29, 1.82) is 0 Å². The summed E-state index contributed by atoms with van der Waals surface area (Å²) in [6, 6.07) is 6.15. The van der Waals surface area contributed by atoms with E-state index in [9.17, 15) is 14.4 Å². The fourth-order valence-corrected chi connectivity index (χ4v) is 1.47. The highest BCUT2D eigenvalue weighted by molar-refractivity contribution is 5.87. The Labute approximate surface area is 100 Å². The van der Waals surface area contributed by atoms with Crippen LogP contribution < -0.4 is 11.2 Å². The number of nitrogens with zero attached hydrogens (tertiary/aromatic N) is 2. The summed E-state index contributed by atoms with van der Waals surface area (Å²) < 4.78 is 1.04. The van der Waals surface area contributed by atoms with Crippen molar-refractivity contribution in [2.24, 2.45) is 0 Å². The Balaban J connectivity index is 2.34. The summed E-state index contributed by atoms with van der Waals surface area (Å²) in [5.74, 6) is -1.04. The van der Waals surface area contributed by atoms with Crippen LogP contribution >= 0.6 is 0 Å². The molecule has 0 saturated heterocycles. The SMILES string of the molecule is O=C(O)c1cccc(Cn2ncc(=O)[nH]c2=O)c1. The molecule has 2 N–H and O–H groups in total. The highest BCUT2D eigenvalue weighted by Gasteiger charge is 2.05. The minimum Gasteiger partial charge on any atom is -0.478 e. The predicted molar refractivity (Wildman–Crippen MR) is 61.6 cm³/mol. The van der Waals surface area contributed by atoms with Gasteiger partial charge in [-0.25, -0.2) is 14.3 Å². The third kappa shape index (κ3) is 2.51. The second-order valence-corrected chi connectivity index (χ2v) is 3.60. The van der Waals surface area contributed by atoms with Crippen LogP contribution in [-0.4, -0.2) is 25.8 Å². The van der Waals surface area contributed by atoms with Gasteiger partial charge in [-0.3, -0.25) is 9.78 Å². The first-order valence-corrected chi connectivity index (χ1v) is 5.05. The molecule has 0 radical (unpaired) electrons. The monoisotopic (exact) mass is 247 g/mol. The quantitative estimate of drug-likeness (QED) is 0.773. The van der Waals surface area contributed by atoms with E-state index in [1.165, 1.54) is 12.1 Å². The van der Waals surface area contributed by atoms with Gasteiger partial charge in [0.15, 0.2) is 0 Å². The van der Waals surface area contributed by atoms with Crippen molar-refractivity contribution in [3.63, 3.8) is 0 Å². The van der Waals surface area contributed by atoms with Crippen LogP contribution in [-0.2, 0) is 6.54 Å². The largest absolute Gasteiger partial charge is 0.478 e. The summed E-state index contributed by atoms with van der Waals surface area (Å²) in [5, 5.41) is 12.5. The predicted octanol–water partition coefficient (Wildman–Crippen LogP) is -0.322. The van der Waals surface area contributed by atoms with Gasteiger partial charge in [0, 0.05) is 0 Å². The van der Waals surface area contributed by atoms with Gasteiger partial charge in [0.05, 0.1) is 12.1 Å². The lowest BCUT2D eigenvalue weighted by molar-refractivity contribution is 0.0696. The number of carbonyl (C=O) groups is 1. The van der Waals surface area contributed by atoms with E-state index in [2.05, 4.69) is 10.1 Å². The van der Waals surface area contributed by atoms with E-state index in [1.807, 2.05) is 0 Å². The first-order valence-electron chi connectivity index (χ1n) is 5.05. The average Bonchev–Trinajstić information content (AvgIpc) is 2.33. The Morgan fingerprint density at radius 1 is 1.39 bits per heavy atom. The lowest BCUT2D eigenvalue weighted by Gasteiger charge is -2.04. The number of hydrogen-bond donors (Lipinski definition) is 2. The number of hydrogen-bond acceptors (Lipinski definition) is 4. The standard InChI is InChI=1S/C11H9N3O4/c15-9-5-12-14(11(18)13-9)6-7-2-1-3-8(4-7)10(16)17/h1-5H,6H2,(H,16,17)(H,13,15,18). The van der Waals surface area contributed by atoms with E-state index in [0.717, 1.165) is 10.9 Å². The van der Waals surface area contributed by atoms with Gasteiger partial charge in [-0.15, -0.1) is 0 Å². The molecule has 0 amide bonds. The number of H-pyrrole nitrogens is 1. The molecule has 1 heterocycles. The lowest BCUT2D eigenvalue weighted by atomic mass is 10.1. The molecule has 1 aromatic heterocycles. The van der Waals surface area contributed by atoms with Gasteiger partial charge in [0.25, 0.3) is 5.56 Å². The van der Waals surface area contributed by atoms with Gasteiger partial charge in [0.2, 0.25) is 0 Å². The molecule has 2 rings (SSSR count). The van der Waals surface area contributed by atoms with E-state index in [4.69, 9.17) is 5.11 Å². The van der Waals surface area contributed by atoms with Gasteiger partial charge >= 0.3 is 11.7 Å². The number of nitrogens with one attached hydrogen (secondary N) is 1. The van der Waals surface area contributed by atoms with Crippen molar-refractivity contribution in [3.8, 4) is 0 Å². The molecule has 92 valence electrons. The lowest BCUT2D eigenvalue weighted by Crippen LogP contribution is -2.31. The van der Waals surface area contributed by atoms with Crippen LogP contribution in [0.1, 0.15) is 15.9 Å². The van der Waals surface area contributed by atoms with Crippen molar-refractivity contribution in [3.05, 3.63) is 62.4 Å². The molecule has 0 aliphatic heterocycles. The first-order chi connectivity index (χ1) is 8.56. The molecule has 2 aromatic rings. The zero-order chi connectivity index (χ0) is 13.1. The van der Waals surface area contributed by atoms with E-state index in [1.54, 1.807) is 12.1 Å². The molecule has 18 heavy (non-hydrogen) atoms. The summed E-state index contributed by atoms with van der Waals surface area (Å²) in [6.45, 7) is 0.0940. The molecule has 0 saturated carbocycles. The van der Waals surface area contributed by atoms with Gasteiger partial charge in [-0.2, -0.15) is 5.10 Å². The van der Waals surface area contributed by atoms with Gasteiger partial charge in [0.1, 0.15) is 6.20 Å². The first kappa shape index (κ1) is 11.8. The van der Waals surface area contributed by atoms with Crippen LogP contribution in [0.3, 0.4) is 0 Å². The minimum absolute atomic E-state index is 0.0940. The van der Waals surface area contributed by atoms with E-state index < -0.39 is 17.2 Å². The molecule has 0 fully saturated rings. The summed E-state index contributed by atoms with van der Waals surface area (Å²) in [5.41, 5.74) is -0.472. The molecule has 0 bridgehead atoms. The normalized spacial score (nSPS) is 10.2. The minimum atomic E-state index is -1.04. The Morgan fingerprint density at radius 3 is 2.83 bits per heavy atom. The summed E-state index contributed by atoms with van der Waals surface area (Å²) in [6.07, 6.45) is 0.989. The summed E-state index contributed by atoms with van der Waals surface area (Å²) in [7, 11) is 0. The molecule has 1 aromatic carbocycles. The molecular weight excluding hydrogens is 238 g/mol. The average molecular weight is 247 g/mol. The maximum absolute atomic E-state index is 11.4. The smallest absolute Gasteiger partial charge is 0.345 e. The molecule has 0 atom stereocenters. The topological polar surface area (TPSA) is 105 Å². The number of aromatic amines is 1. The second kappa shape index (κ2) is 4.66. The molecule has 0 aliphatic carbocycles. The van der Waals surface area contributed by atoms with Gasteiger partial charge in [-0.05, 0) is 17.7 Å². The highest BCUT2D eigenvalue weighted by atomic mass is 16.4. The fraction of sp³-hybridized carbons (Fsp3) is 0.0909. The van der Waals surface area contributed by atoms with Crippen LogP contribution in [0, 0.1) is 0 Å². The van der Waals surface area contributed by atoms with Crippen molar-refractivity contribution >= 4 is 5.97 Å². The van der Waals surface area contributed by atoms with Gasteiger partial charge in [-0.1, -0.05) is 12.1 Å². The van der Waals surface area contributed by atoms with Crippen LogP contribution in [0.4, 0.5) is 0 Å². The number of benzene rings is 1. The van der Waals surface area contributed by atoms with Crippen LogP contribution in [0.15, 0.2) is 40.1 Å². The van der Waals surface area contributed by atoms with Crippen LogP contribution in [0.5, 0.6) is 0 Å². The number of aromatic carboxylic acids is 1. The molecule has 7 heteroatoms. The van der Waals surface area contributed by atoms with E-state index in [0.29, 0.717) is 5.56 Å². The van der Waals surface area contributed by atoms with E-state index in [-0.39, 0.29) is 12.1 Å². The Bertz CT molecular complexity index is 702. The highest BCUT2D eigenvalue weighted by Crippen LogP contribution is 2.05. The third-order valence-electron chi connectivity index (χ3n) is 2.29. The van der Waals surface area contributed by atoms with Crippen molar-refractivity contribution in [2.75, 3.05) is 0 Å². The van der Waals surface area contributed by atoms with Crippen LogP contribution in [0.25, 0.3) is 0 Å². The third-order valence-corrected chi connectivity index (χ3v) is 2.29. The maximum Gasteiger partial charge on any atom is 0.345 e. The Kier molecular flexibility index (Phi) is 3.05. The number of carboxylic acids is 1. The molecule has 0 unspecified atom stereocenters. The Morgan fingerprint density at radius 2 is 2.17 bits per heavy atom. The summed E-state index contributed by atoms with van der Waals surface area (Å²) >= 11 is 0. The second-order valence-electron chi connectivity index (χ2n) is 3.60. The van der Waals surface area contributed by atoms with Gasteiger partial charge < -0.3 is 5.11 Å². The number of carboxylic acid groups (broad SMARTS) is 1.